The molecule has 2 rings (SSSR count). The van der Waals surface area contributed by atoms with Crippen LogP contribution in [0.15, 0.2) is 46.5 Å². The number of rotatable bonds is 2. The fraction of sp³-hybridized carbons (Fsp3) is 0.154. The van der Waals surface area contributed by atoms with E-state index in [1.807, 2.05) is 47.7 Å². The predicted octanol–water partition coefficient (Wildman–Crippen LogP) is 3.11. The van der Waals surface area contributed by atoms with Gasteiger partial charge in [0.2, 0.25) is 0 Å². The Balaban J connectivity index is 2.46. The van der Waals surface area contributed by atoms with Gasteiger partial charge in [0.15, 0.2) is 5.78 Å². The lowest BCUT2D eigenvalue weighted by Gasteiger charge is -2.20. The van der Waals surface area contributed by atoms with Gasteiger partial charge in [-0.15, -0.1) is 0 Å². The quantitative estimate of drug-likeness (QED) is 0.643. The van der Waals surface area contributed by atoms with Crippen LogP contribution in [0.2, 0.25) is 0 Å². The van der Waals surface area contributed by atoms with Crippen molar-refractivity contribution in [1.82, 2.24) is 0 Å². The Kier molecular flexibility index (Phi) is 3.24. The number of allylic oxidation sites excluding steroid dienone is 1. The predicted molar refractivity (Wildman–Crippen MR) is 73.4 cm³/mol. The first-order valence-electron chi connectivity index (χ1n) is 5.30. The van der Waals surface area contributed by atoms with Crippen molar-refractivity contribution < 1.29 is 4.79 Å². The lowest BCUT2D eigenvalue weighted by molar-refractivity contribution is -0.113. The van der Waals surface area contributed by atoms with Crippen LogP contribution in [0.5, 0.6) is 0 Å². The van der Waals surface area contributed by atoms with Crippen LogP contribution in [-0.2, 0) is 4.79 Å². The van der Waals surface area contributed by atoms with E-state index in [4.69, 9.17) is 5.73 Å². The maximum Gasteiger partial charge on any atom is 0.158 e. The van der Waals surface area contributed by atoms with E-state index in [1.165, 1.54) is 11.8 Å². The average Bonchev–Trinajstić information content (AvgIpc) is 2.77. The first-order chi connectivity index (χ1) is 8.11. The first kappa shape index (κ1) is 11.8. The second-order valence-electron chi connectivity index (χ2n) is 3.82. The molecule has 0 saturated carbocycles. The molecule has 17 heavy (non-hydrogen) atoms. The van der Waals surface area contributed by atoms with Gasteiger partial charge in [0.25, 0.3) is 0 Å². The van der Waals surface area contributed by atoms with Gasteiger partial charge in [-0.1, -0.05) is 23.9 Å². The van der Waals surface area contributed by atoms with Crippen molar-refractivity contribution in [3.63, 3.8) is 0 Å². The zero-order valence-electron chi connectivity index (χ0n) is 9.81. The minimum absolute atomic E-state index is 0.0794. The van der Waals surface area contributed by atoms with E-state index in [0.717, 1.165) is 16.3 Å². The highest BCUT2D eigenvalue weighted by atomic mass is 32.2. The summed E-state index contributed by atoms with van der Waals surface area (Å²) in [5.41, 5.74) is 8.31. The normalized spacial score (nSPS) is 17.4. The number of Topliss-reactive ketones (excluding diaryl/α,β-unsaturated/α-hetero) is 1. The molecule has 0 atom stereocenters. The highest BCUT2D eigenvalue weighted by Gasteiger charge is 2.20. The fourth-order valence-corrected chi connectivity index (χ4v) is 2.50. The summed E-state index contributed by atoms with van der Waals surface area (Å²) < 4.78 is 0. The monoisotopic (exact) mass is 246 g/mol. The molecule has 1 aliphatic rings. The molecule has 1 aromatic carbocycles. The third-order valence-electron chi connectivity index (χ3n) is 2.65. The number of benzene rings is 1. The van der Waals surface area contributed by atoms with Gasteiger partial charge in [0.1, 0.15) is 0 Å². The maximum absolute atomic E-state index is 11.4. The molecule has 0 spiro atoms. The SMILES string of the molecule is CC(=O)/C(C)=C1\SC=CN1c1ccccc1N. The number of nitrogen functional groups attached to an aromatic ring is 1. The Bertz CT molecular complexity index is 520. The molecule has 1 aliphatic heterocycles. The smallest absolute Gasteiger partial charge is 0.158 e. The van der Waals surface area contributed by atoms with Crippen molar-refractivity contribution in [3.8, 4) is 0 Å². The summed E-state index contributed by atoms with van der Waals surface area (Å²) in [6.45, 7) is 3.41. The number of nitrogens with zero attached hydrogens (tertiary/aromatic N) is 1. The summed E-state index contributed by atoms with van der Waals surface area (Å²) in [4.78, 5) is 13.4. The van der Waals surface area contributed by atoms with E-state index >= 15 is 0 Å². The summed E-state index contributed by atoms with van der Waals surface area (Å²) in [6, 6.07) is 7.63. The number of ketones is 1. The van der Waals surface area contributed by atoms with Gasteiger partial charge in [-0.25, -0.2) is 0 Å². The molecule has 0 saturated heterocycles. The van der Waals surface area contributed by atoms with E-state index < -0.39 is 0 Å². The molecule has 88 valence electrons. The molecule has 0 fully saturated rings. The molecule has 4 heteroatoms. The summed E-state index contributed by atoms with van der Waals surface area (Å²) in [5, 5.41) is 2.88. The lowest BCUT2D eigenvalue weighted by Crippen LogP contribution is -2.14. The Morgan fingerprint density at radius 2 is 2.00 bits per heavy atom. The third-order valence-corrected chi connectivity index (χ3v) is 3.64. The molecular formula is C13H14N2OS. The molecule has 0 unspecified atom stereocenters. The van der Waals surface area contributed by atoms with Crippen molar-refractivity contribution in [2.75, 3.05) is 10.6 Å². The van der Waals surface area contributed by atoms with Gasteiger partial charge in [-0.3, -0.25) is 4.79 Å². The van der Waals surface area contributed by atoms with Gasteiger partial charge in [-0.2, -0.15) is 0 Å². The van der Waals surface area contributed by atoms with Crippen LogP contribution in [0, 0.1) is 0 Å². The molecule has 0 aromatic heterocycles. The summed E-state index contributed by atoms with van der Waals surface area (Å²) >= 11 is 1.54. The van der Waals surface area contributed by atoms with Gasteiger partial charge < -0.3 is 10.6 Å². The molecule has 0 bridgehead atoms. The Labute approximate surface area is 105 Å². The average molecular weight is 246 g/mol. The molecule has 0 radical (unpaired) electrons. The van der Waals surface area contributed by atoms with Crippen molar-refractivity contribution >= 4 is 28.9 Å². The van der Waals surface area contributed by atoms with Crippen molar-refractivity contribution in [2.45, 2.75) is 13.8 Å². The minimum atomic E-state index is 0.0794. The first-order valence-corrected chi connectivity index (χ1v) is 6.18. The van der Waals surface area contributed by atoms with Crippen LogP contribution >= 0.6 is 11.8 Å². The van der Waals surface area contributed by atoms with Gasteiger partial charge in [0.05, 0.1) is 16.4 Å². The number of anilines is 2. The zero-order valence-corrected chi connectivity index (χ0v) is 10.6. The Hall–Kier alpha value is -1.68. The van der Waals surface area contributed by atoms with Gasteiger partial charge in [0, 0.05) is 11.8 Å². The van der Waals surface area contributed by atoms with E-state index in [9.17, 15) is 4.79 Å². The third kappa shape index (κ3) is 2.22. The highest BCUT2D eigenvalue weighted by Crippen LogP contribution is 2.38. The number of thioether (sulfide) groups is 1. The Morgan fingerprint density at radius 3 is 2.65 bits per heavy atom. The molecule has 3 nitrogen and oxygen atoms in total. The summed E-state index contributed by atoms with van der Waals surface area (Å²) in [7, 11) is 0. The number of para-hydroxylation sites is 2. The second-order valence-corrected chi connectivity index (χ2v) is 4.71. The standard InChI is InChI=1S/C13H14N2OS/c1-9(10(2)16)13-15(7-8-17-13)12-6-4-3-5-11(12)14/h3-8H,14H2,1-2H3/b13-9-. The number of carbonyl (C=O) groups is 1. The summed E-state index contributed by atoms with van der Waals surface area (Å²) in [5.74, 6) is 0.0794. The largest absolute Gasteiger partial charge is 0.397 e. The molecular weight excluding hydrogens is 232 g/mol. The fourth-order valence-electron chi connectivity index (χ4n) is 1.60. The zero-order chi connectivity index (χ0) is 12.4. The number of carbonyl (C=O) groups excluding carboxylic acids is 1. The van der Waals surface area contributed by atoms with E-state index in [-0.39, 0.29) is 5.78 Å². The number of hydrogen-bond donors (Lipinski definition) is 1. The maximum atomic E-state index is 11.4. The molecule has 1 aromatic rings. The van der Waals surface area contributed by atoms with E-state index in [0.29, 0.717) is 5.69 Å². The van der Waals surface area contributed by atoms with Crippen LogP contribution in [0.3, 0.4) is 0 Å². The van der Waals surface area contributed by atoms with Crippen LogP contribution in [0.25, 0.3) is 0 Å². The van der Waals surface area contributed by atoms with Crippen LogP contribution in [0.4, 0.5) is 11.4 Å². The number of nitrogens with two attached hydrogens (primary N) is 1. The highest BCUT2D eigenvalue weighted by molar-refractivity contribution is 8.06. The second kappa shape index (κ2) is 4.67. The lowest BCUT2D eigenvalue weighted by atomic mass is 10.2. The summed E-state index contributed by atoms with van der Waals surface area (Å²) in [6.07, 6.45) is 1.93. The molecule has 0 amide bonds. The van der Waals surface area contributed by atoms with Gasteiger partial charge >= 0.3 is 0 Å². The molecule has 2 N–H and O–H groups in total. The minimum Gasteiger partial charge on any atom is -0.397 e. The van der Waals surface area contributed by atoms with Crippen molar-refractivity contribution in [2.24, 2.45) is 0 Å². The van der Waals surface area contributed by atoms with Crippen LogP contribution < -0.4 is 10.6 Å². The van der Waals surface area contributed by atoms with Crippen molar-refractivity contribution in [3.05, 3.63) is 46.5 Å². The van der Waals surface area contributed by atoms with Crippen molar-refractivity contribution in [1.29, 1.82) is 0 Å². The van der Waals surface area contributed by atoms with Crippen LogP contribution in [0.1, 0.15) is 13.8 Å². The molecule has 1 heterocycles. The van der Waals surface area contributed by atoms with E-state index in [1.54, 1.807) is 6.92 Å². The number of hydrogen-bond acceptors (Lipinski definition) is 4. The molecule has 0 aliphatic carbocycles. The van der Waals surface area contributed by atoms with Gasteiger partial charge in [-0.05, 0) is 31.4 Å². The van der Waals surface area contributed by atoms with Crippen LogP contribution in [-0.4, -0.2) is 5.78 Å². The van der Waals surface area contributed by atoms with E-state index in [2.05, 4.69) is 0 Å². The Morgan fingerprint density at radius 1 is 1.29 bits per heavy atom. The topological polar surface area (TPSA) is 46.3 Å².